The molecule has 9 rings (SSSR count). The number of carbonyl (C=O) groups is 1. The smallest absolute Gasteiger partial charge is 0.255 e. The molecular weight excluding hydrogens is 1530 g/mol. The summed E-state index contributed by atoms with van der Waals surface area (Å²) in [5.74, 6) is 6.92. The minimum absolute atomic E-state index is 0.156. The van der Waals surface area contributed by atoms with Crippen molar-refractivity contribution in [2.45, 2.75) is 436 Å². The molecule has 0 saturated heterocycles. The summed E-state index contributed by atoms with van der Waals surface area (Å²) in [6.07, 6.45) is 61.6. The molecule has 124 heavy (non-hydrogen) atoms. The van der Waals surface area contributed by atoms with Crippen molar-refractivity contribution in [3.05, 3.63) is 125 Å². The Kier molecular flexibility index (Phi) is 45.0. The van der Waals surface area contributed by atoms with E-state index >= 15 is 4.79 Å². The molecule has 4 atom stereocenters. The number of amides is 1. The van der Waals surface area contributed by atoms with E-state index in [1.54, 1.807) is 0 Å². The molecule has 0 aliphatic heterocycles. The number of carbonyl (C=O) groups excluding carboxylic acids is 1. The number of ether oxygens (including phenoxy) is 3. The third-order valence-electron chi connectivity index (χ3n) is 28.7. The molecule has 1 amide bonds. The quantitative estimate of drug-likeness (QED) is 0.0289. The van der Waals surface area contributed by atoms with Gasteiger partial charge in [-0.1, -0.05) is 403 Å². The predicted octanol–water partition coefficient (Wildman–Crippen LogP) is 36.3. The van der Waals surface area contributed by atoms with Crippen molar-refractivity contribution in [1.82, 2.24) is 8.75 Å². The molecule has 2 aliphatic rings. The van der Waals surface area contributed by atoms with Gasteiger partial charge >= 0.3 is 0 Å². The molecule has 0 unspecified atom stereocenters. The van der Waals surface area contributed by atoms with Crippen LogP contribution in [0, 0.1) is 47.3 Å². The number of nitrogens with two attached hydrogens (primary N) is 1. The van der Waals surface area contributed by atoms with Crippen LogP contribution in [-0.2, 0) is 10.8 Å². The number of nitrogens with zero attached hydrogens (tertiary/aromatic N) is 2. The van der Waals surface area contributed by atoms with Gasteiger partial charge in [0.15, 0.2) is 11.5 Å². The number of fused-ring (bicyclic) bond motifs is 7. The second-order valence-corrected chi connectivity index (χ2v) is 42.1. The first-order valence-electron chi connectivity index (χ1n) is 52.2. The third kappa shape index (κ3) is 31.6. The van der Waals surface area contributed by atoms with E-state index in [0.29, 0.717) is 78.1 Å². The van der Waals surface area contributed by atoms with Crippen molar-refractivity contribution < 1.29 is 19.0 Å². The van der Waals surface area contributed by atoms with Gasteiger partial charge in [-0.15, -0.1) is 0 Å². The van der Waals surface area contributed by atoms with Gasteiger partial charge in [0.05, 0.1) is 31.5 Å². The Morgan fingerprint density at radius 2 is 0.629 bits per heavy atom. The van der Waals surface area contributed by atoms with E-state index in [1.165, 1.54) is 311 Å². The van der Waals surface area contributed by atoms with Gasteiger partial charge in [0.1, 0.15) is 11.0 Å². The van der Waals surface area contributed by atoms with Gasteiger partial charge in [-0.2, -0.15) is 8.75 Å². The van der Waals surface area contributed by atoms with Gasteiger partial charge in [-0.25, -0.2) is 0 Å². The van der Waals surface area contributed by atoms with Crippen molar-refractivity contribution in [3.63, 3.8) is 0 Å². The van der Waals surface area contributed by atoms with Crippen molar-refractivity contribution in [1.29, 1.82) is 0 Å². The number of benzene rings is 6. The molecule has 0 bridgehead atoms. The number of nitrogens with one attached hydrogen (secondary N) is 1. The number of unbranched alkanes of at least 4 members (excludes halogenated alkanes) is 27. The Labute approximate surface area is 763 Å². The molecule has 0 spiro atoms. The first-order chi connectivity index (χ1) is 60.2. The molecule has 8 nitrogen and oxygen atoms in total. The van der Waals surface area contributed by atoms with Crippen LogP contribution in [0.3, 0.4) is 0 Å². The molecule has 0 fully saturated rings. The third-order valence-corrected chi connectivity index (χ3v) is 29.3. The van der Waals surface area contributed by atoms with Crippen LogP contribution in [0.25, 0.3) is 55.5 Å². The highest BCUT2D eigenvalue weighted by atomic mass is 32.1. The fourth-order valence-electron chi connectivity index (χ4n) is 20.7. The lowest BCUT2D eigenvalue weighted by Gasteiger charge is -2.35. The molecule has 0 radical (unpaired) electrons. The predicted molar refractivity (Wildman–Crippen MR) is 540 cm³/mol. The van der Waals surface area contributed by atoms with Crippen LogP contribution in [0.4, 0.5) is 11.4 Å². The lowest BCUT2D eigenvalue weighted by atomic mass is 9.68. The summed E-state index contributed by atoms with van der Waals surface area (Å²) in [5, 5.41) is 3.58. The summed E-state index contributed by atoms with van der Waals surface area (Å²) in [6, 6.07) is 37.2. The number of rotatable bonds is 68. The van der Waals surface area contributed by atoms with Gasteiger partial charge < -0.3 is 25.3 Å². The standard InChI is InChI=1S/C115H178N4O4S/c1-16-19-22-25-28-31-34-37-40-43-76-121-108-81-95(82-109(122-77-44-41-38-35-32-29-26-23-20-17-2)112(108)123-78-45-42-39-36-33-30-27-24-21-18-3)113(120)117-97-61-65-103-101-63-59-94(80-105(101)115(107(103)84-97,74-70-91(14)56-48-52-87(8)9)75-71-92(15)57-49-53-88(10)11)99-67-66-98(110-111(99)119-124-118-110)93-58-62-100-102-64-60-96(116)83-106(102)114(104(100)79-93,72-68-89(12)54-46-50-85(4)5)73-69-90(13)55-47-51-86(6)7/h58-67,79-92H,16-57,68-78,116H2,1-15H3,(H,117,120)/t89-,90-,91-,92-/m0/s1. The largest absolute Gasteiger partial charge is 0.490 e. The van der Waals surface area contributed by atoms with Crippen LogP contribution >= 0.6 is 11.7 Å². The number of hydrogen-bond donors (Lipinski definition) is 2. The van der Waals surface area contributed by atoms with Crippen molar-refractivity contribution >= 4 is 40.0 Å². The van der Waals surface area contributed by atoms with Gasteiger partial charge in [-0.3, -0.25) is 4.79 Å². The molecule has 9 heteroatoms. The van der Waals surface area contributed by atoms with Crippen LogP contribution in [0.1, 0.15) is 458 Å². The average Bonchev–Trinajstić information content (AvgIpc) is 1.56. The molecule has 0 saturated carbocycles. The molecule has 688 valence electrons. The summed E-state index contributed by atoms with van der Waals surface area (Å²) < 4.78 is 31.3. The van der Waals surface area contributed by atoms with Crippen LogP contribution in [0.5, 0.6) is 17.2 Å². The maximum atomic E-state index is 15.7. The highest BCUT2D eigenvalue weighted by molar-refractivity contribution is 7.00. The lowest BCUT2D eigenvalue weighted by Crippen LogP contribution is -2.27. The fourth-order valence-corrected chi connectivity index (χ4v) is 21.3. The first-order valence-corrected chi connectivity index (χ1v) is 52.9. The lowest BCUT2D eigenvalue weighted by molar-refractivity contribution is 0.102. The van der Waals surface area contributed by atoms with Crippen LogP contribution in [0.2, 0.25) is 0 Å². The summed E-state index contributed by atoms with van der Waals surface area (Å²) in [7, 11) is 0. The number of nitrogen functional groups attached to an aromatic ring is 1. The molecule has 7 aromatic rings. The Morgan fingerprint density at radius 3 is 0.976 bits per heavy atom. The summed E-state index contributed by atoms with van der Waals surface area (Å²) in [6.45, 7) is 37.6. The van der Waals surface area contributed by atoms with E-state index in [0.717, 1.165) is 122 Å². The molecule has 2 aliphatic carbocycles. The first kappa shape index (κ1) is 102. The maximum absolute atomic E-state index is 15.7. The Balaban J connectivity index is 1.08. The zero-order chi connectivity index (χ0) is 88.5. The minimum Gasteiger partial charge on any atom is -0.490 e. The molecule has 3 N–H and O–H groups in total. The second kappa shape index (κ2) is 55.0. The topological polar surface area (TPSA) is 109 Å². The monoisotopic (exact) mass is 1710 g/mol. The molecular formula is C115H178N4O4S. The SMILES string of the molecule is CCCCCCCCCCCCOc1cc(C(=O)Nc2ccc3c(c2)C(CC[C@@H](C)CCCC(C)C)(CC[C@@H](C)CCCC(C)C)c2cc(-c4ccc(-c5ccc6c(c5)C(CC[C@@H](C)CCCC(C)C)(CC[C@@H](C)CCCC(C)C)c5cc(N)ccc5-6)c5nsnc45)ccc2-3)cc(OCCCCCCCCCCCC)c1OCCCCCCCCCCCC. The number of hydrogen-bond acceptors (Lipinski definition) is 8. The maximum Gasteiger partial charge on any atom is 0.255 e. The zero-order valence-electron chi connectivity index (χ0n) is 81.8. The van der Waals surface area contributed by atoms with Crippen LogP contribution in [0.15, 0.2) is 97.1 Å². The zero-order valence-corrected chi connectivity index (χ0v) is 82.7. The van der Waals surface area contributed by atoms with Crippen molar-refractivity contribution in [2.24, 2.45) is 47.3 Å². The highest BCUT2D eigenvalue weighted by Gasteiger charge is 2.46. The van der Waals surface area contributed by atoms with Gasteiger partial charge in [-0.05, 0) is 222 Å². The van der Waals surface area contributed by atoms with E-state index < -0.39 is 0 Å². The Hall–Kier alpha value is -6.19. The highest BCUT2D eigenvalue weighted by Crippen LogP contribution is 2.59. The Bertz CT molecular complexity index is 4090. The van der Waals surface area contributed by atoms with E-state index in [-0.39, 0.29) is 16.7 Å². The molecule has 1 aromatic heterocycles. The normalized spacial score (nSPS) is 14.2. The van der Waals surface area contributed by atoms with E-state index in [2.05, 4.69) is 194 Å². The van der Waals surface area contributed by atoms with Crippen LogP contribution in [-0.4, -0.2) is 34.5 Å². The summed E-state index contributed by atoms with van der Waals surface area (Å²) >= 11 is 1.34. The van der Waals surface area contributed by atoms with Crippen LogP contribution < -0.4 is 25.3 Å². The summed E-state index contributed by atoms with van der Waals surface area (Å²) in [4.78, 5) is 15.7. The summed E-state index contributed by atoms with van der Waals surface area (Å²) in [5.41, 5.74) is 26.2. The van der Waals surface area contributed by atoms with Gasteiger partial charge in [0, 0.05) is 38.9 Å². The van der Waals surface area contributed by atoms with E-state index in [1.807, 2.05) is 12.1 Å². The van der Waals surface area contributed by atoms with Crippen molar-refractivity contribution in [3.8, 4) is 61.8 Å². The van der Waals surface area contributed by atoms with Gasteiger partial charge in [0.25, 0.3) is 5.91 Å². The second-order valence-electron chi connectivity index (χ2n) is 41.6. The Morgan fingerprint density at radius 1 is 0.331 bits per heavy atom. The fraction of sp³-hybridized carbons (Fsp3) is 0.678. The van der Waals surface area contributed by atoms with E-state index in [9.17, 15) is 0 Å². The van der Waals surface area contributed by atoms with E-state index in [4.69, 9.17) is 28.7 Å². The van der Waals surface area contributed by atoms with Crippen molar-refractivity contribution in [2.75, 3.05) is 30.9 Å². The molecule has 1 heterocycles. The molecule has 6 aromatic carbocycles. The number of aromatic nitrogens is 2. The number of anilines is 2. The van der Waals surface area contributed by atoms with Gasteiger partial charge in [0.2, 0.25) is 5.75 Å². The minimum atomic E-state index is -0.325. The average molecular weight is 1710 g/mol.